The van der Waals surface area contributed by atoms with Gasteiger partial charge in [-0.2, -0.15) is 0 Å². The van der Waals surface area contributed by atoms with E-state index in [1.54, 1.807) is 25.1 Å². The number of rotatable bonds is 2. The molecule has 19 heavy (non-hydrogen) atoms. The minimum absolute atomic E-state index is 0.0936. The number of para-hydroxylation sites is 1. The number of hydrogen-bond donors (Lipinski definition) is 2. The van der Waals surface area contributed by atoms with Crippen LogP contribution in [0.1, 0.15) is 55.5 Å². The highest BCUT2D eigenvalue weighted by molar-refractivity contribution is 5.97. The number of nitrogens with one attached hydrogen (secondary N) is 1. The maximum absolute atomic E-state index is 12.2. The first kappa shape index (κ1) is 13.9. The SMILES string of the molecule is Cc1cccc(C(=O)NC2CCC(C)(C)CC2)c1O. The Hall–Kier alpha value is -1.51. The zero-order valence-electron chi connectivity index (χ0n) is 12.0. The third kappa shape index (κ3) is 3.28. The van der Waals surface area contributed by atoms with Gasteiger partial charge < -0.3 is 10.4 Å². The lowest BCUT2D eigenvalue weighted by Gasteiger charge is -2.34. The molecule has 0 aliphatic heterocycles. The standard InChI is InChI=1S/C16H23NO2/c1-11-5-4-6-13(14(11)18)15(19)17-12-7-9-16(2,3)10-8-12/h4-6,12,18H,7-10H2,1-3H3,(H,17,19). The van der Waals surface area contributed by atoms with E-state index in [0.29, 0.717) is 11.0 Å². The Morgan fingerprint density at radius 2 is 1.95 bits per heavy atom. The average molecular weight is 261 g/mol. The molecule has 1 aliphatic rings. The Balaban J connectivity index is 2.00. The molecule has 1 saturated carbocycles. The number of amides is 1. The molecule has 1 aromatic carbocycles. The first-order valence-electron chi connectivity index (χ1n) is 6.98. The number of carbonyl (C=O) groups is 1. The number of benzene rings is 1. The van der Waals surface area contributed by atoms with E-state index in [4.69, 9.17) is 0 Å². The number of aryl methyl sites for hydroxylation is 1. The van der Waals surface area contributed by atoms with Crippen molar-refractivity contribution in [3.63, 3.8) is 0 Å². The highest BCUT2D eigenvalue weighted by Crippen LogP contribution is 2.35. The van der Waals surface area contributed by atoms with E-state index in [2.05, 4.69) is 19.2 Å². The molecular weight excluding hydrogens is 238 g/mol. The Kier molecular flexibility index (Phi) is 3.83. The third-order valence-electron chi connectivity index (χ3n) is 4.16. The number of aromatic hydroxyl groups is 1. The fourth-order valence-corrected chi connectivity index (χ4v) is 2.65. The van der Waals surface area contributed by atoms with Crippen LogP contribution in [0.4, 0.5) is 0 Å². The Morgan fingerprint density at radius 3 is 2.58 bits per heavy atom. The molecule has 0 bridgehead atoms. The van der Waals surface area contributed by atoms with Crippen molar-refractivity contribution in [3.05, 3.63) is 29.3 Å². The molecule has 3 nitrogen and oxygen atoms in total. The molecule has 0 atom stereocenters. The summed E-state index contributed by atoms with van der Waals surface area (Å²) < 4.78 is 0. The van der Waals surface area contributed by atoms with Gasteiger partial charge in [-0.3, -0.25) is 4.79 Å². The summed E-state index contributed by atoms with van der Waals surface area (Å²) >= 11 is 0. The first-order valence-corrected chi connectivity index (χ1v) is 6.98. The number of hydrogen-bond acceptors (Lipinski definition) is 2. The molecule has 0 saturated heterocycles. The molecule has 1 fully saturated rings. The summed E-state index contributed by atoms with van der Waals surface area (Å²) in [6.45, 7) is 6.35. The zero-order chi connectivity index (χ0) is 14.0. The van der Waals surface area contributed by atoms with Gasteiger partial charge in [-0.25, -0.2) is 0 Å². The molecule has 1 aliphatic carbocycles. The van der Waals surface area contributed by atoms with E-state index in [1.807, 2.05) is 0 Å². The van der Waals surface area contributed by atoms with Crippen molar-refractivity contribution in [1.29, 1.82) is 0 Å². The van der Waals surface area contributed by atoms with Crippen molar-refractivity contribution in [3.8, 4) is 5.75 Å². The largest absolute Gasteiger partial charge is 0.507 e. The summed E-state index contributed by atoms with van der Waals surface area (Å²) in [4.78, 5) is 12.2. The van der Waals surface area contributed by atoms with Crippen molar-refractivity contribution in [2.24, 2.45) is 5.41 Å². The minimum Gasteiger partial charge on any atom is -0.507 e. The van der Waals surface area contributed by atoms with Gasteiger partial charge in [0.1, 0.15) is 5.75 Å². The molecule has 0 heterocycles. The highest BCUT2D eigenvalue weighted by atomic mass is 16.3. The summed E-state index contributed by atoms with van der Waals surface area (Å²) in [6.07, 6.45) is 4.31. The predicted octanol–water partition coefficient (Wildman–Crippen LogP) is 3.40. The second kappa shape index (κ2) is 5.24. The van der Waals surface area contributed by atoms with Gasteiger partial charge in [0.05, 0.1) is 5.56 Å². The molecule has 2 N–H and O–H groups in total. The van der Waals surface area contributed by atoms with Crippen molar-refractivity contribution < 1.29 is 9.90 Å². The van der Waals surface area contributed by atoms with Gasteiger partial charge in [0, 0.05) is 6.04 Å². The van der Waals surface area contributed by atoms with E-state index in [0.717, 1.165) is 31.2 Å². The third-order valence-corrected chi connectivity index (χ3v) is 4.16. The van der Waals surface area contributed by atoms with Crippen LogP contribution in [-0.4, -0.2) is 17.1 Å². The van der Waals surface area contributed by atoms with Crippen LogP contribution >= 0.6 is 0 Å². The maximum Gasteiger partial charge on any atom is 0.255 e. The van der Waals surface area contributed by atoms with Crippen molar-refractivity contribution >= 4 is 5.91 Å². The lowest BCUT2D eigenvalue weighted by molar-refractivity contribution is 0.0906. The van der Waals surface area contributed by atoms with Gasteiger partial charge in [-0.1, -0.05) is 26.0 Å². The molecule has 0 aromatic heterocycles. The zero-order valence-corrected chi connectivity index (χ0v) is 12.0. The van der Waals surface area contributed by atoms with E-state index < -0.39 is 0 Å². The Morgan fingerprint density at radius 1 is 1.32 bits per heavy atom. The first-order chi connectivity index (χ1) is 8.89. The lowest BCUT2D eigenvalue weighted by atomic mass is 9.75. The molecule has 0 unspecified atom stereocenters. The van der Waals surface area contributed by atoms with Crippen molar-refractivity contribution in [1.82, 2.24) is 5.32 Å². The van der Waals surface area contributed by atoms with Gasteiger partial charge in [0.25, 0.3) is 5.91 Å². The van der Waals surface area contributed by atoms with E-state index >= 15 is 0 Å². The van der Waals surface area contributed by atoms with E-state index in [9.17, 15) is 9.90 Å². The fraction of sp³-hybridized carbons (Fsp3) is 0.562. The topological polar surface area (TPSA) is 49.3 Å². The summed E-state index contributed by atoms with van der Waals surface area (Å²) in [5, 5.41) is 13.0. The van der Waals surface area contributed by atoms with Crippen LogP contribution in [0.2, 0.25) is 0 Å². The van der Waals surface area contributed by atoms with Crippen molar-refractivity contribution in [2.45, 2.75) is 52.5 Å². The second-order valence-electron chi connectivity index (χ2n) is 6.38. The quantitative estimate of drug-likeness (QED) is 0.857. The maximum atomic E-state index is 12.2. The van der Waals surface area contributed by atoms with Gasteiger partial charge in [0.15, 0.2) is 0 Å². The van der Waals surface area contributed by atoms with E-state index in [1.165, 1.54) is 0 Å². The molecule has 3 heteroatoms. The average Bonchev–Trinajstić information content (AvgIpc) is 2.35. The number of phenolic OH excluding ortho intramolecular Hbond substituents is 1. The monoisotopic (exact) mass is 261 g/mol. The molecule has 104 valence electrons. The molecule has 2 rings (SSSR count). The second-order valence-corrected chi connectivity index (χ2v) is 6.38. The van der Waals surface area contributed by atoms with Crippen LogP contribution in [0.15, 0.2) is 18.2 Å². The highest BCUT2D eigenvalue weighted by Gasteiger charge is 2.28. The molecular formula is C16H23NO2. The van der Waals surface area contributed by atoms with Crippen LogP contribution in [0.5, 0.6) is 5.75 Å². The summed E-state index contributed by atoms with van der Waals surface area (Å²) in [6, 6.07) is 5.51. The van der Waals surface area contributed by atoms with Crippen molar-refractivity contribution in [2.75, 3.05) is 0 Å². The Bertz CT molecular complexity index is 470. The van der Waals surface area contributed by atoms with Crippen LogP contribution < -0.4 is 5.32 Å². The van der Waals surface area contributed by atoms with Gasteiger partial charge in [0.2, 0.25) is 0 Å². The Labute approximate surface area is 115 Å². The van der Waals surface area contributed by atoms with Crippen LogP contribution in [-0.2, 0) is 0 Å². The van der Waals surface area contributed by atoms with E-state index in [-0.39, 0.29) is 17.7 Å². The normalized spacial score (nSPS) is 19.1. The number of phenols is 1. The predicted molar refractivity (Wildman–Crippen MR) is 76.3 cm³/mol. The minimum atomic E-state index is -0.161. The molecule has 1 aromatic rings. The summed E-state index contributed by atoms with van der Waals surface area (Å²) in [5.41, 5.74) is 1.51. The van der Waals surface area contributed by atoms with Crippen LogP contribution in [0.25, 0.3) is 0 Å². The van der Waals surface area contributed by atoms with Crippen LogP contribution in [0, 0.1) is 12.3 Å². The summed E-state index contributed by atoms with van der Waals surface area (Å²) in [7, 11) is 0. The smallest absolute Gasteiger partial charge is 0.255 e. The van der Waals surface area contributed by atoms with Crippen LogP contribution in [0.3, 0.4) is 0 Å². The summed E-state index contributed by atoms with van der Waals surface area (Å²) in [5.74, 6) is -0.0676. The molecule has 1 amide bonds. The molecule has 0 spiro atoms. The fourth-order valence-electron chi connectivity index (χ4n) is 2.65. The molecule has 0 radical (unpaired) electrons. The van der Waals surface area contributed by atoms with Gasteiger partial charge in [-0.05, 0) is 49.7 Å². The lowest BCUT2D eigenvalue weighted by Crippen LogP contribution is -2.39. The number of carbonyl (C=O) groups excluding carboxylic acids is 1. The van der Waals surface area contributed by atoms with Gasteiger partial charge >= 0.3 is 0 Å². The van der Waals surface area contributed by atoms with Gasteiger partial charge in [-0.15, -0.1) is 0 Å².